The first-order chi connectivity index (χ1) is 5.75. The van der Waals surface area contributed by atoms with E-state index in [1.54, 1.807) is 0 Å². The number of halogens is 1. The summed E-state index contributed by atoms with van der Waals surface area (Å²) in [6.07, 6.45) is 5.87. The highest BCUT2D eigenvalue weighted by Gasteiger charge is 2.26. The van der Waals surface area contributed by atoms with Gasteiger partial charge in [-0.15, -0.1) is 0 Å². The highest BCUT2D eigenvalue weighted by atomic mass is 19.1. The molecule has 0 bridgehead atoms. The topological polar surface area (TPSA) is 26.0 Å². The van der Waals surface area contributed by atoms with E-state index < -0.39 is 6.17 Å². The Labute approximate surface area is 74.5 Å². The Morgan fingerprint density at radius 1 is 1.33 bits per heavy atom. The van der Waals surface area contributed by atoms with Gasteiger partial charge in [0.1, 0.15) is 6.17 Å². The van der Waals surface area contributed by atoms with E-state index in [-0.39, 0.29) is 6.04 Å². The smallest absolute Gasteiger partial charge is 0.115 e. The summed E-state index contributed by atoms with van der Waals surface area (Å²) in [5.41, 5.74) is 5.83. The van der Waals surface area contributed by atoms with Crippen molar-refractivity contribution in [1.29, 1.82) is 0 Å². The fraction of sp³-hybridized carbons (Fsp3) is 1.00. The minimum absolute atomic E-state index is 0.199. The van der Waals surface area contributed by atoms with Gasteiger partial charge in [0.15, 0.2) is 0 Å². The molecule has 2 atom stereocenters. The largest absolute Gasteiger partial charge is 0.325 e. The lowest BCUT2D eigenvalue weighted by Crippen LogP contribution is -2.39. The molecule has 1 rings (SSSR count). The maximum atomic E-state index is 13.2. The lowest BCUT2D eigenvalue weighted by molar-refractivity contribution is 0.188. The van der Waals surface area contributed by atoms with Gasteiger partial charge in [0.05, 0.1) is 0 Å². The quantitative estimate of drug-likeness (QED) is 0.697. The molecule has 1 nitrogen and oxygen atoms in total. The van der Waals surface area contributed by atoms with Crippen LogP contribution in [0, 0.1) is 5.92 Å². The zero-order valence-electron chi connectivity index (χ0n) is 7.93. The summed E-state index contributed by atoms with van der Waals surface area (Å²) in [5.74, 6) is 0.452. The fourth-order valence-electron chi connectivity index (χ4n) is 2.09. The SMILES string of the molecule is CCC(F)[C@H](N)C1CCCCC1. The molecule has 1 fully saturated rings. The maximum absolute atomic E-state index is 13.2. The zero-order chi connectivity index (χ0) is 8.97. The zero-order valence-corrected chi connectivity index (χ0v) is 7.93. The molecule has 72 valence electrons. The van der Waals surface area contributed by atoms with Crippen LogP contribution < -0.4 is 5.73 Å². The number of hydrogen-bond donors (Lipinski definition) is 1. The minimum atomic E-state index is -0.784. The van der Waals surface area contributed by atoms with E-state index in [1.807, 2.05) is 6.92 Å². The first-order valence-corrected chi connectivity index (χ1v) is 5.15. The van der Waals surface area contributed by atoms with Crippen LogP contribution >= 0.6 is 0 Å². The molecule has 0 aromatic heterocycles. The van der Waals surface area contributed by atoms with Crippen molar-refractivity contribution in [3.05, 3.63) is 0 Å². The summed E-state index contributed by atoms with van der Waals surface area (Å²) in [6.45, 7) is 1.87. The third-order valence-electron chi connectivity index (χ3n) is 3.00. The second-order valence-electron chi connectivity index (χ2n) is 3.90. The predicted molar refractivity (Wildman–Crippen MR) is 49.7 cm³/mol. The molecule has 12 heavy (non-hydrogen) atoms. The molecule has 1 aliphatic carbocycles. The summed E-state index contributed by atoms with van der Waals surface area (Å²) in [6, 6.07) is -0.199. The van der Waals surface area contributed by atoms with Gasteiger partial charge in [0.2, 0.25) is 0 Å². The van der Waals surface area contributed by atoms with Crippen LogP contribution in [0.4, 0.5) is 4.39 Å². The first kappa shape index (κ1) is 9.97. The Kier molecular flexibility index (Phi) is 3.99. The lowest BCUT2D eigenvalue weighted by atomic mass is 9.82. The van der Waals surface area contributed by atoms with E-state index in [0.29, 0.717) is 12.3 Å². The van der Waals surface area contributed by atoms with Crippen molar-refractivity contribution in [2.24, 2.45) is 11.7 Å². The van der Waals surface area contributed by atoms with Gasteiger partial charge in [-0.2, -0.15) is 0 Å². The Bertz CT molecular complexity index is 121. The molecule has 0 aromatic carbocycles. The Morgan fingerprint density at radius 2 is 1.92 bits per heavy atom. The van der Waals surface area contributed by atoms with Gasteiger partial charge in [-0.05, 0) is 25.2 Å². The Morgan fingerprint density at radius 3 is 2.42 bits per heavy atom. The van der Waals surface area contributed by atoms with Crippen molar-refractivity contribution in [2.45, 2.75) is 57.7 Å². The van der Waals surface area contributed by atoms with Gasteiger partial charge in [0.25, 0.3) is 0 Å². The molecule has 1 saturated carbocycles. The highest BCUT2D eigenvalue weighted by molar-refractivity contribution is 4.81. The van der Waals surface area contributed by atoms with Crippen LogP contribution in [-0.4, -0.2) is 12.2 Å². The lowest BCUT2D eigenvalue weighted by Gasteiger charge is -2.29. The Balaban J connectivity index is 2.33. The van der Waals surface area contributed by atoms with E-state index in [2.05, 4.69) is 0 Å². The summed E-state index contributed by atoms with van der Waals surface area (Å²) < 4.78 is 13.2. The van der Waals surface area contributed by atoms with Gasteiger partial charge in [0, 0.05) is 6.04 Å². The van der Waals surface area contributed by atoms with E-state index in [4.69, 9.17) is 5.73 Å². The van der Waals surface area contributed by atoms with Gasteiger partial charge in [-0.1, -0.05) is 26.2 Å². The molecule has 0 heterocycles. The van der Waals surface area contributed by atoms with Gasteiger partial charge >= 0.3 is 0 Å². The third kappa shape index (κ3) is 2.44. The molecule has 0 aromatic rings. The monoisotopic (exact) mass is 173 g/mol. The molecule has 2 heteroatoms. The summed E-state index contributed by atoms with van der Waals surface area (Å²) in [7, 11) is 0. The average molecular weight is 173 g/mol. The van der Waals surface area contributed by atoms with Crippen LogP contribution in [0.15, 0.2) is 0 Å². The molecular weight excluding hydrogens is 153 g/mol. The molecular formula is C10H20FN. The molecule has 1 unspecified atom stereocenters. The van der Waals surface area contributed by atoms with Gasteiger partial charge in [-0.3, -0.25) is 0 Å². The third-order valence-corrected chi connectivity index (χ3v) is 3.00. The minimum Gasteiger partial charge on any atom is -0.325 e. The van der Waals surface area contributed by atoms with Gasteiger partial charge < -0.3 is 5.73 Å². The maximum Gasteiger partial charge on any atom is 0.115 e. The molecule has 0 radical (unpaired) electrons. The van der Waals surface area contributed by atoms with Crippen LogP contribution in [0.1, 0.15) is 45.4 Å². The van der Waals surface area contributed by atoms with Crippen LogP contribution in [0.2, 0.25) is 0 Å². The van der Waals surface area contributed by atoms with E-state index in [9.17, 15) is 4.39 Å². The van der Waals surface area contributed by atoms with Crippen LogP contribution in [0.25, 0.3) is 0 Å². The van der Waals surface area contributed by atoms with E-state index in [1.165, 1.54) is 19.3 Å². The van der Waals surface area contributed by atoms with Crippen LogP contribution in [-0.2, 0) is 0 Å². The number of alkyl halides is 1. The van der Waals surface area contributed by atoms with E-state index >= 15 is 0 Å². The van der Waals surface area contributed by atoms with Crippen molar-refractivity contribution < 1.29 is 4.39 Å². The first-order valence-electron chi connectivity index (χ1n) is 5.15. The number of rotatable bonds is 3. The standard InChI is InChI=1S/C10H20FN/c1-2-9(11)10(12)8-6-4-3-5-7-8/h8-10H,2-7,12H2,1H3/t9?,10-/m1/s1. The van der Waals surface area contributed by atoms with Crippen LogP contribution in [0.5, 0.6) is 0 Å². The highest BCUT2D eigenvalue weighted by Crippen LogP contribution is 2.28. The molecule has 0 aliphatic heterocycles. The average Bonchev–Trinajstić information content (AvgIpc) is 2.17. The second kappa shape index (κ2) is 4.80. The summed E-state index contributed by atoms with van der Waals surface area (Å²) in [5, 5.41) is 0. The fourth-order valence-corrected chi connectivity index (χ4v) is 2.09. The molecule has 1 aliphatic rings. The van der Waals surface area contributed by atoms with Gasteiger partial charge in [-0.25, -0.2) is 4.39 Å². The second-order valence-corrected chi connectivity index (χ2v) is 3.90. The van der Waals surface area contributed by atoms with Crippen molar-refractivity contribution in [3.63, 3.8) is 0 Å². The van der Waals surface area contributed by atoms with Crippen LogP contribution in [0.3, 0.4) is 0 Å². The summed E-state index contributed by atoms with van der Waals surface area (Å²) in [4.78, 5) is 0. The molecule has 0 spiro atoms. The Hall–Kier alpha value is -0.110. The van der Waals surface area contributed by atoms with Crippen molar-refractivity contribution in [2.75, 3.05) is 0 Å². The number of nitrogens with two attached hydrogens (primary N) is 1. The molecule has 2 N–H and O–H groups in total. The van der Waals surface area contributed by atoms with E-state index in [0.717, 1.165) is 12.8 Å². The summed E-state index contributed by atoms with van der Waals surface area (Å²) >= 11 is 0. The number of hydrogen-bond acceptors (Lipinski definition) is 1. The van der Waals surface area contributed by atoms with Crippen molar-refractivity contribution in [1.82, 2.24) is 0 Å². The molecule has 0 amide bonds. The molecule has 0 saturated heterocycles. The van der Waals surface area contributed by atoms with Crippen molar-refractivity contribution >= 4 is 0 Å². The van der Waals surface area contributed by atoms with Crippen molar-refractivity contribution in [3.8, 4) is 0 Å². The normalized spacial score (nSPS) is 25.2. The predicted octanol–water partition coefficient (Wildman–Crippen LogP) is 2.64.